The third kappa shape index (κ3) is 2.49. The molecule has 0 aliphatic carbocycles. The number of carbonyl (C=O) groups excluding carboxylic acids is 1. The van der Waals surface area contributed by atoms with Gasteiger partial charge in [-0.25, -0.2) is 0 Å². The highest BCUT2D eigenvalue weighted by Crippen LogP contribution is 2.07. The first kappa shape index (κ1) is 9.08. The summed E-state index contributed by atoms with van der Waals surface area (Å²) in [6, 6.07) is 7.41. The minimum absolute atomic E-state index is 0.626. The van der Waals surface area contributed by atoms with Crippen LogP contribution in [-0.2, 0) is 4.79 Å². The first-order valence-electron chi connectivity index (χ1n) is 3.77. The highest BCUT2D eigenvalue weighted by molar-refractivity contribution is 5.92. The number of carbonyl (C=O) groups is 1. The molecule has 0 aliphatic heterocycles. The van der Waals surface area contributed by atoms with Gasteiger partial charge in [0.25, 0.3) is 5.91 Å². The van der Waals surface area contributed by atoms with Crippen LogP contribution < -0.4 is 5.73 Å². The highest BCUT2D eigenvalue weighted by Gasteiger charge is 1.92. The number of benzene rings is 1. The maximum atomic E-state index is 10.4. The normalized spacial score (nSPS) is 8.31. The molecule has 0 saturated carbocycles. The van der Waals surface area contributed by atoms with Gasteiger partial charge in [0, 0.05) is 5.56 Å². The Morgan fingerprint density at radius 1 is 1.46 bits per heavy atom. The van der Waals surface area contributed by atoms with E-state index in [1.807, 2.05) is 24.3 Å². The van der Waals surface area contributed by atoms with Gasteiger partial charge in [-0.3, -0.25) is 4.79 Å². The zero-order valence-corrected chi connectivity index (χ0v) is 7.08. The predicted molar refractivity (Wildman–Crippen MR) is 52.6 cm³/mol. The molecule has 13 heavy (non-hydrogen) atoms. The zero-order chi connectivity index (χ0) is 9.68. The second-order valence-corrected chi connectivity index (χ2v) is 2.41. The molecule has 2 N–H and O–H groups in total. The summed E-state index contributed by atoms with van der Waals surface area (Å²) >= 11 is 0. The Hall–Kier alpha value is -2.01. The average Bonchev–Trinajstić information content (AvgIpc) is 2.15. The lowest BCUT2D eigenvalue weighted by Gasteiger charge is -1.95. The van der Waals surface area contributed by atoms with E-state index in [9.17, 15) is 4.79 Å². The fourth-order valence-electron chi connectivity index (χ4n) is 0.918. The van der Waals surface area contributed by atoms with E-state index in [2.05, 4.69) is 18.4 Å². The van der Waals surface area contributed by atoms with E-state index in [0.29, 0.717) is 0 Å². The van der Waals surface area contributed by atoms with E-state index in [1.165, 1.54) is 0 Å². The van der Waals surface area contributed by atoms with E-state index >= 15 is 0 Å². The molecule has 0 fully saturated rings. The van der Waals surface area contributed by atoms with Gasteiger partial charge in [-0.2, -0.15) is 0 Å². The number of nitrogens with two attached hydrogens (primary N) is 1. The molecular weight excluding hydrogens is 162 g/mol. The molecule has 0 atom stereocenters. The van der Waals surface area contributed by atoms with Crippen molar-refractivity contribution in [3.05, 3.63) is 42.0 Å². The number of primary amides is 1. The van der Waals surface area contributed by atoms with Gasteiger partial charge in [0.05, 0.1) is 0 Å². The summed E-state index contributed by atoms with van der Waals surface area (Å²) in [6.07, 6.45) is 1.69. The van der Waals surface area contributed by atoms with Crippen molar-refractivity contribution in [1.82, 2.24) is 0 Å². The number of amides is 1. The monoisotopic (exact) mass is 171 g/mol. The number of hydrogen-bond donors (Lipinski definition) is 1. The smallest absolute Gasteiger partial charge is 0.293 e. The van der Waals surface area contributed by atoms with Crippen LogP contribution in [0.25, 0.3) is 6.08 Å². The van der Waals surface area contributed by atoms with Gasteiger partial charge in [0.1, 0.15) is 0 Å². The van der Waals surface area contributed by atoms with Crippen molar-refractivity contribution in [2.75, 3.05) is 0 Å². The minimum Gasteiger partial charge on any atom is -0.359 e. The van der Waals surface area contributed by atoms with Gasteiger partial charge in [-0.05, 0) is 17.6 Å². The molecule has 0 aliphatic rings. The molecular formula is C11H9NO. The second-order valence-electron chi connectivity index (χ2n) is 2.41. The third-order valence-electron chi connectivity index (χ3n) is 1.50. The Morgan fingerprint density at radius 2 is 2.15 bits per heavy atom. The topological polar surface area (TPSA) is 43.1 Å². The lowest BCUT2D eigenvalue weighted by Crippen LogP contribution is -2.06. The van der Waals surface area contributed by atoms with Crippen molar-refractivity contribution >= 4 is 12.0 Å². The Balaban J connectivity index is 3.09. The summed E-state index contributed by atoms with van der Waals surface area (Å²) in [7, 11) is 0. The number of rotatable bonds is 1. The molecule has 2 nitrogen and oxygen atoms in total. The molecule has 0 spiro atoms. The highest BCUT2D eigenvalue weighted by atomic mass is 16.1. The van der Waals surface area contributed by atoms with Crippen LogP contribution in [0.5, 0.6) is 0 Å². The second kappa shape index (κ2) is 4.13. The molecule has 1 amide bonds. The first-order valence-corrected chi connectivity index (χ1v) is 3.77. The summed E-state index contributed by atoms with van der Waals surface area (Å²) in [6.45, 7) is 3.63. The van der Waals surface area contributed by atoms with Crippen LogP contribution in [0.2, 0.25) is 0 Å². The summed E-state index contributed by atoms with van der Waals surface area (Å²) in [4.78, 5) is 10.4. The van der Waals surface area contributed by atoms with E-state index < -0.39 is 5.91 Å². The molecule has 0 aromatic heterocycles. The first-order chi connectivity index (χ1) is 6.24. The largest absolute Gasteiger partial charge is 0.359 e. The molecule has 0 radical (unpaired) electrons. The zero-order valence-electron chi connectivity index (χ0n) is 7.08. The fraction of sp³-hybridized carbons (Fsp3) is 0. The van der Waals surface area contributed by atoms with Crippen molar-refractivity contribution in [3.8, 4) is 11.8 Å². The van der Waals surface area contributed by atoms with Crippen molar-refractivity contribution < 1.29 is 4.79 Å². The van der Waals surface area contributed by atoms with Crippen LogP contribution in [0.15, 0.2) is 30.8 Å². The Morgan fingerprint density at radius 3 is 2.77 bits per heavy atom. The maximum absolute atomic E-state index is 10.4. The SMILES string of the molecule is C=Cc1ccccc1C#CC(N)=O. The van der Waals surface area contributed by atoms with Crippen LogP contribution in [0.1, 0.15) is 11.1 Å². The Kier molecular flexibility index (Phi) is 2.88. The summed E-state index contributed by atoms with van der Waals surface area (Å²) in [5.74, 6) is 4.32. The maximum Gasteiger partial charge on any atom is 0.293 e. The fourth-order valence-corrected chi connectivity index (χ4v) is 0.918. The van der Waals surface area contributed by atoms with E-state index in [0.717, 1.165) is 11.1 Å². The Bertz CT molecular complexity index is 396. The number of hydrogen-bond acceptors (Lipinski definition) is 1. The van der Waals surface area contributed by atoms with Crippen molar-refractivity contribution in [1.29, 1.82) is 0 Å². The van der Waals surface area contributed by atoms with Crippen LogP contribution in [0, 0.1) is 11.8 Å². The lowest BCUT2D eigenvalue weighted by atomic mass is 10.1. The summed E-state index contributed by atoms with van der Waals surface area (Å²) < 4.78 is 0. The van der Waals surface area contributed by atoms with Gasteiger partial charge in [-0.1, -0.05) is 36.8 Å². The van der Waals surface area contributed by atoms with Crippen molar-refractivity contribution in [2.24, 2.45) is 5.73 Å². The standard InChI is InChI=1S/C11H9NO/c1-2-9-5-3-4-6-10(9)7-8-11(12)13/h2-6H,1H2,(H2,12,13). The quantitative estimate of drug-likeness (QED) is 0.633. The molecule has 2 heteroatoms. The third-order valence-corrected chi connectivity index (χ3v) is 1.50. The molecule has 1 aromatic rings. The summed E-state index contributed by atoms with van der Waals surface area (Å²) in [5, 5.41) is 0. The molecule has 1 rings (SSSR count). The van der Waals surface area contributed by atoms with E-state index in [-0.39, 0.29) is 0 Å². The molecule has 0 unspecified atom stereocenters. The van der Waals surface area contributed by atoms with Gasteiger partial charge >= 0.3 is 0 Å². The van der Waals surface area contributed by atoms with Crippen molar-refractivity contribution in [2.45, 2.75) is 0 Å². The van der Waals surface area contributed by atoms with Crippen LogP contribution in [0.4, 0.5) is 0 Å². The van der Waals surface area contributed by atoms with Gasteiger partial charge in [0.2, 0.25) is 0 Å². The van der Waals surface area contributed by atoms with Gasteiger partial charge < -0.3 is 5.73 Å². The van der Waals surface area contributed by atoms with Crippen molar-refractivity contribution in [3.63, 3.8) is 0 Å². The van der Waals surface area contributed by atoms with Gasteiger partial charge in [-0.15, -0.1) is 0 Å². The molecule has 1 aromatic carbocycles. The van der Waals surface area contributed by atoms with E-state index in [1.54, 1.807) is 6.08 Å². The summed E-state index contributed by atoms with van der Waals surface area (Å²) in [5.41, 5.74) is 6.55. The minimum atomic E-state index is -0.626. The molecule has 0 saturated heterocycles. The van der Waals surface area contributed by atoms with E-state index in [4.69, 9.17) is 5.73 Å². The predicted octanol–water partition coefficient (Wildman–Crippen LogP) is 1.17. The van der Waals surface area contributed by atoms with Crippen LogP contribution in [0.3, 0.4) is 0 Å². The molecule has 64 valence electrons. The van der Waals surface area contributed by atoms with Crippen LogP contribution >= 0.6 is 0 Å². The average molecular weight is 171 g/mol. The van der Waals surface area contributed by atoms with Crippen LogP contribution in [-0.4, -0.2) is 5.91 Å². The Labute approximate surface area is 77.1 Å². The molecule has 0 heterocycles. The molecule has 0 bridgehead atoms. The lowest BCUT2D eigenvalue weighted by molar-refractivity contribution is -0.112. The van der Waals surface area contributed by atoms with Gasteiger partial charge in [0.15, 0.2) is 0 Å².